The molecule has 2 aromatic heterocycles. The van der Waals surface area contributed by atoms with Gasteiger partial charge in [0.1, 0.15) is 11.3 Å². The summed E-state index contributed by atoms with van der Waals surface area (Å²) in [5.41, 5.74) is 2.24. The molecule has 5 nitrogen and oxygen atoms in total. The Morgan fingerprint density at radius 1 is 1.05 bits per heavy atom. The lowest BCUT2D eigenvalue weighted by Crippen LogP contribution is -2.14. The molecule has 0 saturated carbocycles. The molecule has 0 radical (unpaired) electrons. The molecule has 5 heteroatoms. The highest BCUT2D eigenvalue weighted by Crippen LogP contribution is 2.14. The molecule has 0 bridgehead atoms. The smallest absolute Gasteiger partial charge is 0.277 e. The normalized spacial score (nSPS) is 11.4. The molecule has 0 spiro atoms. The highest BCUT2D eigenvalue weighted by molar-refractivity contribution is 5.76. The van der Waals surface area contributed by atoms with Gasteiger partial charge in [-0.05, 0) is 12.8 Å². The molecule has 0 aromatic carbocycles. The zero-order valence-corrected chi connectivity index (χ0v) is 13.4. The third-order valence-corrected chi connectivity index (χ3v) is 3.82. The van der Waals surface area contributed by atoms with Gasteiger partial charge in [-0.15, -0.1) is 0 Å². The van der Waals surface area contributed by atoms with Crippen molar-refractivity contribution in [1.82, 2.24) is 19.7 Å². The van der Waals surface area contributed by atoms with E-state index in [9.17, 15) is 4.79 Å². The van der Waals surface area contributed by atoms with Crippen LogP contribution in [0.15, 0.2) is 4.79 Å². The van der Waals surface area contributed by atoms with E-state index >= 15 is 0 Å². The first-order chi connectivity index (χ1) is 10.2. The maximum atomic E-state index is 12.2. The second-order valence-electron chi connectivity index (χ2n) is 5.69. The van der Waals surface area contributed by atoms with Crippen LogP contribution in [0.4, 0.5) is 0 Å². The van der Waals surface area contributed by atoms with E-state index in [0.717, 1.165) is 42.7 Å². The highest BCUT2D eigenvalue weighted by atomic mass is 16.1. The van der Waals surface area contributed by atoms with Crippen molar-refractivity contribution in [3.05, 3.63) is 21.9 Å². The van der Waals surface area contributed by atoms with Crippen LogP contribution in [0.3, 0.4) is 0 Å². The summed E-state index contributed by atoms with van der Waals surface area (Å²) < 4.78 is 1.65. The number of nitrogens with one attached hydrogen (secondary N) is 1. The first kappa shape index (κ1) is 15.7. The number of unbranched alkanes of at least 4 members (excludes halogenated alkanes) is 4. The Kier molecular flexibility index (Phi) is 5.53. The highest BCUT2D eigenvalue weighted by Gasteiger charge is 2.14. The number of nitrogens with zero attached hydrogens (tertiary/aromatic N) is 3. The predicted molar refractivity (Wildman–Crippen MR) is 85.6 cm³/mol. The monoisotopic (exact) mass is 290 g/mol. The van der Waals surface area contributed by atoms with E-state index in [2.05, 4.69) is 28.9 Å². The fraction of sp³-hybridized carbons (Fsp3) is 0.688. The fourth-order valence-electron chi connectivity index (χ4n) is 2.71. The van der Waals surface area contributed by atoms with Crippen molar-refractivity contribution in [2.75, 3.05) is 0 Å². The van der Waals surface area contributed by atoms with Crippen molar-refractivity contribution >= 4 is 11.0 Å². The van der Waals surface area contributed by atoms with E-state index in [1.807, 2.05) is 7.05 Å². The molecule has 0 fully saturated rings. The third kappa shape index (κ3) is 3.71. The summed E-state index contributed by atoms with van der Waals surface area (Å²) in [6.45, 7) is 4.33. The number of aromatic nitrogens is 4. The maximum absolute atomic E-state index is 12.2. The van der Waals surface area contributed by atoms with Crippen LogP contribution in [0.5, 0.6) is 0 Å². The average molecular weight is 290 g/mol. The topological polar surface area (TPSA) is 63.6 Å². The molecule has 0 saturated heterocycles. The largest absolute Gasteiger partial charge is 0.309 e. The van der Waals surface area contributed by atoms with Crippen molar-refractivity contribution in [2.45, 2.75) is 65.2 Å². The van der Waals surface area contributed by atoms with Gasteiger partial charge in [-0.3, -0.25) is 9.48 Å². The third-order valence-electron chi connectivity index (χ3n) is 3.82. The van der Waals surface area contributed by atoms with E-state index in [1.54, 1.807) is 4.68 Å². The SMILES string of the molecule is CCCCCCCc1nc2c(CCC)nn(C)c2c(=O)[nH]1. The van der Waals surface area contributed by atoms with Crippen LogP contribution < -0.4 is 5.56 Å². The minimum absolute atomic E-state index is 0.0686. The summed E-state index contributed by atoms with van der Waals surface area (Å²) in [6, 6.07) is 0. The summed E-state index contributed by atoms with van der Waals surface area (Å²) >= 11 is 0. The Morgan fingerprint density at radius 3 is 2.52 bits per heavy atom. The van der Waals surface area contributed by atoms with E-state index < -0.39 is 0 Å². The quantitative estimate of drug-likeness (QED) is 0.760. The molecule has 0 aliphatic rings. The Hall–Kier alpha value is -1.65. The zero-order valence-electron chi connectivity index (χ0n) is 13.4. The lowest BCUT2D eigenvalue weighted by atomic mass is 10.1. The van der Waals surface area contributed by atoms with Gasteiger partial charge in [0, 0.05) is 13.5 Å². The maximum Gasteiger partial charge on any atom is 0.277 e. The molecule has 0 amide bonds. The molecule has 0 unspecified atom stereocenters. The lowest BCUT2D eigenvalue weighted by molar-refractivity contribution is 0.622. The molecule has 0 aliphatic carbocycles. The molecule has 2 heterocycles. The van der Waals surface area contributed by atoms with Crippen LogP contribution in [-0.2, 0) is 19.9 Å². The van der Waals surface area contributed by atoms with Gasteiger partial charge in [0.15, 0.2) is 5.52 Å². The average Bonchev–Trinajstić information content (AvgIpc) is 2.76. The number of aromatic amines is 1. The summed E-state index contributed by atoms with van der Waals surface area (Å²) in [5.74, 6) is 0.800. The fourth-order valence-corrected chi connectivity index (χ4v) is 2.71. The number of aryl methyl sites for hydroxylation is 3. The van der Waals surface area contributed by atoms with Crippen molar-refractivity contribution < 1.29 is 0 Å². The number of H-pyrrole nitrogens is 1. The minimum atomic E-state index is -0.0686. The molecule has 1 N–H and O–H groups in total. The number of hydrogen-bond acceptors (Lipinski definition) is 3. The minimum Gasteiger partial charge on any atom is -0.309 e. The molecule has 21 heavy (non-hydrogen) atoms. The number of rotatable bonds is 8. The van der Waals surface area contributed by atoms with E-state index in [0.29, 0.717) is 5.52 Å². The standard InChI is InChI=1S/C16H26N4O/c1-4-6-7-8-9-11-13-17-14-12(10-5-2)19-20(3)15(14)16(21)18-13/h4-11H2,1-3H3,(H,17,18,21). The summed E-state index contributed by atoms with van der Waals surface area (Å²) in [5, 5.41) is 4.44. The van der Waals surface area contributed by atoms with Crippen molar-refractivity contribution in [1.29, 1.82) is 0 Å². The molecule has 0 atom stereocenters. The van der Waals surface area contributed by atoms with E-state index in [-0.39, 0.29) is 5.56 Å². The summed E-state index contributed by atoms with van der Waals surface area (Å²) in [4.78, 5) is 19.8. The Morgan fingerprint density at radius 2 is 1.81 bits per heavy atom. The first-order valence-electron chi connectivity index (χ1n) is 8.12. The van der Waals surface area contributed by atoms with E-state index in [4.69, 9.17) is 0 Å². The second-order valence-corrected chi connectivity index (χ2v) is 5.69. The Bertz CT molecular complexity index is 641. The van der Waals surface area contributed by atoms with Crippen LogP contribution in [0.1, 0.15) is 63.9 Å². The van der Waals surface area contributed by atoms with Crippen molar-refractivity contribution in [2.24, 2.45) is 7.05 Å². The molecule has 2 aromatic rings. The van der Waals surface area contributed by atoms with Gasteiger partial charge in [-0.2, -0.15) is 5.10 Å². The first-order valence-corrected chi connectivity index (χ1v) is 8.12. The molecular weight excluding hydrogens is 264 g/mol. The molecule has 2 rings (SSSR count). The summed E-state index contributed by atoms with van der Waals surface area (Å²) in [6.07, 6.45) is 8.79. The Balaban J connectivity index is 2.18. The summed E-state index contributed by atoms with van der Waals surface area (Å²) in [7, 11) is 1.81. The van der Waals surface area contributed by atoms with Crippen molar-refractivity contribution in [3.8, 4) is 0 Å². The Labute approximate surface area is 125 Å². The second kappa shape index (κ2) is 7.38. The lowest BCUT2D eigenvalue weighted by Gasteiger charge is -2.02. The van der Waals surface area contributed by atoms with Crippen LogP contribution in [0.2, 0.25) is 0 Å². The van der Waals surface area contributed by atoms with Crippen LogP contribution in [-0.4, -0.2) is 19.7 Å². The predicted octanol–water partition coefficient (Wildman–Crippen LogP) is 3.12. The van der Waals surface area contributed by atoms with Crippen LogP contribution >= 0.6 is 0 Å². The molecule has 0 aliphatic heterocycles. The number of fused-ring (bicyclic) bond motifs is 1. The zero-order chi connectivity index (χ0) is 15.2. The van der Waals surface area contributed by atoms with E-state index in [1.165, 1.54) is 25.7 Å². The van der Waals surface area contributed by atoms with Crippen molar-refractivity contribution in [3.63, 3.8) is 0 Å². The van der Waals surface area contributed by atoms with Gasteiger partial charge in [0.05, 0.1) is 5.69 Å². The van der Waals surface area contributed by atoms with Crippen LogP contribution in [0, 0.1) is 0 Å². The van der Waals surface area contributed by atoms with Gasteiger partial charge in [-0.25, -0.2) is 4.98 Å². The van der Waals surface area contributed by atoms with Gasteiger partial charge in [-0.1, -0.05) is 46.0 Å². The van der Waals surface area contributed by atoms with Gasteiger partial charge < -0.3 is 4.98 Å². The molecular formula is C16H26N4O. The van der Waals surface area contributed by atoms with Gasteiger partial charge in [0.25, 0.3) is 5.56 Å². The van der Waals surface area contributed by atoms with Gasteiger partial charge >= 0.3 is 0 Å². The molecule has 116 valence electrons. The van der Waals surface area contributed by atoms with Gasteiger partial charge in [0.2, 0.25) is 0 Å². The number of hydrogen-bond donors (Lipinski definition) is 1. The van der Waals surface area contributed by atoms with Crippen LogP contribution in [0.25, 0.3) is 11.0 Å².